The summed E-state index contributed by atoms with van der Waals surface area (Å²) >= 11 is 0. The first-order chi connectivity index (χ1) is 8.79. The third-order valence-corrected chi connectivity index (χ3v) is 3.01. The Morgan fingerprint density at radius 2 is 1.84 bits per heavy atom. The number of hydrogen-bond donors (Lipinski definition) is 2. The van der Waals surface area contributed by atoms with Crippen LogP contribution in [0.15, 0.2) is 24.3 Å². The number of benzene rings is 1. The van der Waals surface area contributed by atoms with Crippen LogP contribution in [-0.2, 0) is 5.60 Å². The van der Waals surface area contributed by atoms with E-state index < -0.39 is 17.8 Å². The minimum absolute atomic E-state index is 0.00581. The molecule has 6 heteroatoms. The molecule has 0 aliphatic rings. The molecule has 3 nitrogen and oxygen atoms in total. The van der Waals surface area contributed by atoms with Gasteiger partial charge in [-0.3, -0.25) is 0 Å². The van der Waals surface area contributed by atoms with Gasteiger partial charge in [-0.1, -0.05) is 25.1 Å². The summed E-state index contributed by atoms with van der Waals surface area (Å²) < 4.78 is 44.9. The molecule has 1 rings (SSSR count). The topological polar surface area (TPSA) is 55.5 Å². The van der Waals surface area contributed by atoms with Crippen LogP contribution in [0.5, 0.6) is 5.75 Å². The molecular formula is C13H18F3NO2. The average Bonchev–Trinajstić information content (AvgIpc) is 2.36. The predicted molar refractivity (Wildman–Crippen MR) is 65.8 cm³/mol. The molecule has 0 fully saturated rings. The molecule has 0 heterocycles. The average molecular weight is 277 g/mol. The quantitative estimate of drug-likeness (QED) is 0.869. The lowest BCUT2D eigenvalue weighted by Crippen LogP contribution is -2.55. The third-order valence-electron chi connectivity index (χ3n) is 3.01. The Balaban J connectivity index is 3.42. The second-order valence-corrected chi connectivity index (χ2v) is 4.21. The van der Waals surface area contributed by atoms with Gasteiger partial charge in [-0.25, -0.2) is 0 Å². The van der Waals surface area contributed by atoms with Gasteiger partial charge in [0.25, 0.3) is 0 Å². The highest BCUT2D eigenvalue weighted by Crippen LogP contribution is 2.45. The summed E-state index contributed by atoms with van der Waals surface area (Å²) in [4.78, 5) is 0. The highest BCUT2D eigenvalue weighted by atomic mass is 19.4. The molecule has 0 amide bonds. The molecular weight excluding hydrogens is 259 g/mol. The molecule has 2 unspecified atom stereocenters. The van der Waals surface area contributed by atoms with Gasteiger partial charge in [0.15, 0.2) is 0 Å². The van der Waals surface area contributed by atoms with Gasteiger partial charge in [0.2, 0.25) is 5.60 Å². The van der Waals surface area contributed by atoms with Gasteiger partial charge < -0.3 is 15.6 Å². The summed E-state index contributed by atoms with van der Waals surface area (Å²) in [6.07, 6.45) is -4.90. The zero-order valence-corrected chi connectivity index (χ0v) is 10.9. The van der Waals surface area contributed by atoms with Crippen molar-refractivity contribution in [3.05, 3.63) is 29.8 Å². The first-order valence-electron chi connectivity index (χ1n) is 6.06. The highest BCUT2D eigenvalue weighted by molar-refractivity contribution is 5.40. The van der Waals surface area contributed by atoms with Crippen molar-refractivity contribution in [3.8, 4) is 5.75 Å². The van der Waals surface area contributed by atoms with Crippen molar-refractivity contribution in [3.63, 3.8) is 0 Å². The van der Waals surface area contributed by atoms with E-state index in [1.807, 2.05) is 0 Å². The number of hydrogen-bond acceptors (Lipinski definition) is 3. The Bertz CT molecular complexity index is 423. The molecule has 1 aromatic carbocycles. The van der Waals surface area contributed by atoms with Crippen molar-refractivity contribution >= 4 is 0 Å². The fourth-order valence-corrected chi connectivity index (χ4v) is 1.92. The molecule has 0 aromatic heterocycles. The number of aliphatic hydroxyl groups is 1. The standard InChI is InChI=1S/C13H18F3NO2/c1-3-11(17)12(18,13(14,15)16)9-7-5-6-8-10(9)19-4-2/h5-8,11,18H,3-4,17H2,1-2H3. The number of ether oxygens (including phenoxy) is 1. The first-order valence-corrected chi connectivity index (χ1v) is 6.06. The lowest BCUT2D eigenvalue weighted by molar-refractivity contribution is -0.275. The van der Waals surface area contributed by atoms with E-state index in [0.29, 0.717) is 0 Å². The fourth-order valence-electron chi connectivity index (χ4n) is 1.92. The number of nitrogens with two attached hydrogens (primary N) is 1. The van der Waals surface area contributed by atoms with Crippen molar-refractivity contribution in [1.82, 2.24) is 0 Å². The van der Waals surface area contributed by atoms with Gasteiger partial charge in [0.1, 0.15) is 5.75 Å². The maximum absolute atomic E-state index is 13.3. The molecule has 0 bridgehead atoms. The normalized spacial score (nSPS) is 16.8. The van der Waals surface area contributed by atoms with Crippen molar-refractivity contribution in [2.24, 2.45) is 5.73 Å². The van der Waals surface area contributed by atoms with Crippen LogP contribution >= 0.6 is 0 Å². The summed E-state index contributed by atoms with van der Waals surface area (Å²) in [6.45, 7) is 3.35. The summed E-state index contributed by atoms with van der Waals surface area (Å²) in [6, 6.07) is 4.07. The largest absolute Gasteiger partial charge is 0.493 e. The highest BCUT2D eigenvalue weighted by Gasteiger charge is 2.59. The van der Waals surface area contributed by atoms with Crippen molar-refractivity contribution in [1.29, 1.82) is 0 Å². The van der Waals surface area contributed by atoms with Crippen LogP contribution < -0.4 is 10.5 Å². The minimum atomic E-state index is -4.88. The molecule has 1 aromatic rings. The molecule has 0 saturated carbocycles. The van der Waals surface area contributed by atoms with Crippen LogP contribution in [0.2, 0.25) is 0 Å². The van der Waals surface area contributed by atoms with Gasteiger partial charge in [0, 0.05) is 11.6 Å². The van der Waals surface area contributed by atoms with Crippen LogP contribution in [0.4, 0.5) is 13.2 Å². The van der Waals surface area contributed by atoms with Gasteiger partial charge in [-0.05, 0) is 19.4 Å². The maximum Gasteiger partial charge on any atom is 0.423 e. The van der Waals surface area contributed by atoms with E-state index in [1.165, 1.54) is 25.1 Å². The Kier molecular flexibility index (Phi) is 4.81. The van der Waals surface area contributed by atoms with Crippen LogP contribution in [0.1, 0.15) is 25.8 Å². The number of rotatable bonds is 5. The molecule has 108 valence electrons. The zero-order valence-electron chi connectivity index (χ0n) is 10.9. The summed E-state index contributed by atoms with van der Waals surface area (Å²) in [5.74, 6) is -0.00581. The molecule has 0 radical (unpaired) electrons. The number of halogens is 3. The van der Waals surface area contributed by atoms with Crippen molar-refractivity contribution in [2.45, 2.75) is 38.1 Å². The monoisotopic (exact) mass is 277 g/mol. The van der Waals surface area contributed by atoms with Crippen molar-refractivity contribution < 1.29 is 23.0 Å². The Labute approximate surface area is 110 Å². The molecule has 3 N–H and O–H groups in total. The lowest BCUT2D eigenvalue weighted by Gasteiger charge is -2.36. The number of para-hydroxylation sites is 1. The van der Waals surface area contributed by atoms with E-state index in [4.69, 9.17) is 10.5 Å². The Morgan fingerprint density at radius 3 is 2.32 bits per heavy atom. The Hall–Kier alpha value is -1.27. The van der Waals surface area contributed by atoms with Crippen LogP contribution in [-0.4, -0.2) is 23.9 Å². The van der Waals surface area contributed by atoms with Gasteiger partial charge >= 0.3 is 6.18 Å². The van der Waals surface area contributed by atoms with Gasteiger partial charge in [-0.15, -0.1) is 0 Å². The summed E-state index contributed by atoms with van der Waals surface area (Å²) in [5.41, 5.74) is 2.04. The van der Waals surface area contributed by atoms with Crippen LogP contribution in [0.3, 0.4) is 0 Å². The minimum Gasteiger partial charge on any atom is -0.493 e. The SMILES string of the molecule is CCOc1ccccc1C(O)(C(N)CC)C(F)(F)F. The second-order valence-electron chi connectivity index (χ2n) is 4.21. The number of alkyl halides is 3. The van der Waals surface area contributed by atoms with Gasteiger partial charge in [-0.2, -0.15) is 13.2 Å². The molecule has 0 aliphatic carbocycles. The second kappa shape index (κ2) is 5.79. The molecule has 19 heavy (non-hydrogen) atoms. The molecule has 0 spiro atoms. The van der Waals surface area contributed by atoms with Crippen LogP contribution in [0.25, 0.3) is 0 Å². The van der Waals surface area contributed by atoms with E-state index in [-0.39, 0.29) is 24.3 Å². The first kappa shape index (κ1) is 15.8. The lowest BCUT2D eigenvalue weighted by atomic mass is 9.84. The fraction of sp³-hybridized carbons (Fsp3) is 0.538. The van der Waals surface area contributed by atoms with E-state index >= 15 is 0 Å². The smallest absolute Gasteiger partial charge is 0.423 e. The third kappa shape index (κ3) is 2.84. The summed E-state index contributed by atoms with van der Waals surface area (Å²) in [5, 5.41) is 10.2. The van der Waals surface area contributed by atoms with Gasteiger partial charge in [0.05, 0.1) is 6.61 Å². The van der Waals surface area contributed by atoms with E-state index in [9.17, 15) is 18.3 Å². The van der Waals surface area contributed by atoms with E-state index in [2.05, 4.69) is 0 Å². The Morgan fingerprint density at radius 1 is 1.26 bits per heavy atom. The van der Waals surface area contributed by atoms with E-state index in [1.54, 1.807) is 13.0 Å². The maximum atomic E-state index is 13.3. The van der Waals surface area contributed by atoms with E-state index in [0.717, 1.165) is 0 Å². The molecule has 2 atom stereocenters. The summed E-state index contributed by atoms with van der Waals surface area (Å²) in [7, 11) is 0. The van der Waals surface area contributed by atoms with Crippen LogP contribution in [0, 0.1) is 0 Å². The van der Waals surface area contributed by atoms with Crippen molar-refractivity contribution in [2.75, 3.05) is 6.61 Å². The predicted octanol–water partition coefficient (Wildman–Crippen LogP) is 2.57. The molecule has 0 aliphatic heterocycles. The zero-order chi connectivity index (χ0) is 14.7. The molecule has 0 saturated heterocycles.